The van der Waals surface area contributed by atoms with Crippen molar-refractivity contribution in [3.8, 4) is 0 Å². The number of benzene rings is 1. The van der Waals surface area contributed by atoms with E-state index in [0.717, 1.165) is 17.8 Å². The Morgan fingerprint density at radius 3 is 2.33 bits per heavy atom. The summed E-state index contributed by atoms with van der Waals surface area (Å²) in [6.07, 6.45) is 2.64. The first-order chi connectivity index (χ1) is 7.11. The predicted molar refractivity (Wildman–Crippen MR) is 63.9 cm³/mol. The van der Waals surface area contributed by atoms with E-state index >= 15 is 0 Å². The minimum atomic E-state index is 0.0604. The van der Waals surface area contributed by atoms with Crippen molar-refractivity contribution in [2.75, 3.05) is 5.32 Å². The molecule has 0 spiro atoms. The van der Waals surface area contributed by atoms with E-state index in [1.165, 1.54) is 5.56 Å². The molecule has 0 bridgehead atoms. The van der Waals surface area contributed by atoms with E-state index in [-0.39, 0.29) is 5.78 Å². The Morgan fingerprint density at radius 1 is 1.27 bits per heavy atom. The number of rotatable bonds is 4. The molecule has 0 aliphatic heterocycles. The number of carbonyl (C=O) groups excluding carboxylic acids is 1. The minimum absolute atomic E-state index is 0.0604. The van der Waals surface area contributed by atoms with Crippen LogP contribution in [0.25, 0.3) is 0 Å². The van der Waals surface area contributed by atoms with Crippen molar-refractivity contribution in [3.05, 3.63) is 41.6 Å². The number of ketones is 1. The van der Waals surface area contributed by atoms with Gasteiger partial charge in [0.05, 0.1) is 0 Å². The molecule has 1 aromatic rings. The highest BCUT2D eigenvalue weighted by molar-refractivity contribution is 5.88. The van der Waals surface area contributed by atoms with E-state index in [0.29, 0.717) is 0 Å². The van der Waals surface area contributed by atoms with Gasteiger partial charge in [-0.2, -0.15) is 0 Å². The van der Waals surface area contributed by atoms with Gasteiger partial charge in [-0.3, -0.25) is 4.79 Å². The minimum Gasteiger partial charge on any atom is -0.359 e. The smallest absolute Gasteiger partial charge is 0.154 e. The molecule has 0 atom stereocenters. The van der Waals surface area contributed by atoms with E-state index in [2.05, 4.69) is 24.4 Å². The molecule has 1 aromatic carbocycles. The third-order valence-corrected chi connectivity index (χ3v) is 2.12. The van der Waals surface area contributed by atoms with Crippen LogP contribution in [0.1, 0.15) is 26.3 Å². The first-order valence-corrected chi connectivity index (χ1v) is 5.16. The highest BCUT2D eigenvalue weighted by Crippen LogP contribution is 2.12. The van der Waals surface area contributed by atoms with Crippen LogP contribution < -0.4 is 5.32 Å². The average molecular weight is 203 g/mol. The van der Waals surface area contributed by atoms with Crippen molar-refractivity contribution >= 4 is 11.5 Å². The number of anilines is 1. The number of allylic oxidation sites excluding steroid dienone is 2. The molecule has 0 amide bonds. The van der Waals surface area contributed by atoms with Crippen LogP contribution in [0.3, 0.4) is 0 Å². The summed E-state index contributed by atoms with van der Waals surface area (Å²) in [5.74, 6) is 0.0604. The van der Waals surface area contributed by atoms with Crippen molar-refractivity contribution in [3.63, 3.8) is 0 Å². The lowest BCUT2D eigenvalue weighted by atomic mass is 10.1. The molecule has 0 saturated carbocycles. The molecular formula is C13H17NO. The quantitative estimate of drug-likeness (QED) is 0.761. The highest BCUT2D eigenvalue weighted by Gasteiger charge is 1.94. The molecule has 0 aliphatic rings. The zero-order chi connectivity index (χ0) is 11.3. The van der Waals surface area contributed by atoms with Gasteiger partial charge in [-0.1, -0.05) is 19.1 Å². The Labute approximate surface area is 91.0 Å². The fourth-order valence-electron chi connectivity index (χ4n) is 1.39. The van der Waals surface area contributed by atoms with Crippen molar-refractivity contribution in [1.82, 2.24) is 0 Å². The topological polar surface area (TPSA) is 29.1 Å². The average Bonchev–Trinajstić information content (AvgIpc) is 2.17. The molecular weight excluding hydrogens is 186 g/mol. The van der Waals surface area contributed by atoms with Crippen LogP contribution >= 0.6 is 0 Å². The standard InChI is InChI=1S/C13H17NO/c1-4-12-5-7-13(8-6-12)14-10(2)9-11(3)15/h5-9,14H,4H2,1-3H3/b10-9+. The fourth-order valence-corrected chi connectivity index (χ4v) is 1.39. The van der Waals surface area contributed by atoms with E-state index in [1.54, 1.807) is 13.0 Å². The molecule has 15 heavy (non-hydrogen) atoms. The SMILES string of the molecule is CCc1ccc(N/C(C)=C/C(C)=O)cc1. The second-order valence-electron chi connectivity index (χ2n) is 3.61. The molecule has 2 nitrogen and oxygen atoms in total. The van der Waals surface area contributed by atoms with Crippen molar-refractivity contribution < 1.29 is 4.79 Å². The number of aryl methyl sites for hydroxylation is 1. The van der Waals surface area contributed by atoms with Crippen LogP contribution in [0.2, 0.25) is 0 Å². The summed E-state index contributed by atoms with van der Waals surface area (Å²) in [5, 5.41) is 3.16. The largest absolute Gasteiger partial charge is 0.359 e. The summed E-state index contributed by atoms with van der Waals surface area (Å²) in [5.41, 5.74) is 3.20. The predicted octanol–water partition coefficient (Wildman–Crippen LogP) is 3.15. The van der Waals surface area contributed by atoms with Gasteiger partial charge in [-0.25, -0.2) is 0 Å². The maximum absolute atomic E-state index is 10.8. The summed E-state index contributed by atoms with van der Waals surface area (Å²) in [6.45, 7) is 5.56. The maximum atomic E-state index is 10.8. The van der Waals surface area contributed by atoms with Crippen LogP contribution in [0.15, 0.2) is 36.0 Å². The van der Waals surface area contributed by atoms with Gasteiger partial charge in [-0.15, -0.1) is 0 Å². The first kappa shape index (κ1) is 11.5. The lowest BCUT2D eigenvalue weighted by molar-refractivity contribution is -0.112. The van der Waals surface area contributed by atoms with Crippen molar-refractivity contribution in [1.29, 1.82) is 0 Å². The first-order valence-electron chi connectivity index (χ1n) is 5.16. The second-order valence-corrected chi connectivity index (χ2v) is 3.61. The summed E-state index contributed by atoms with van der Waals surface area (Å²) in [4.78, 5) is 10.8. The number of carbonyl (C=O) groups is 1. The van der Waals surface area contributed by atoms with Crippen LogP contribution in [0.4, 0.5) is 5.69 Å². The Hall–Kier alpha value is -1.57. The van der Waals surface area contributed by atoms with Crippen LogP contribution in [0, 0.1) is 0 Å². The van der Waals surface area contributed by atoms with Crippen molar-refractivity contribution in [2.24, 2.45) is 0 Å². The molecule has 0 heterocycles. The number of hydrogen-bond acceptors (Lipinski definition) is 2. The van der Waals surface area contributed by atoms with E-state index in [9.17, 15) is 4.79 Å². The normalized spacial score (nSPS) is 11.3. The fraction of sp³-hybridized carbons (Fsp3) is 0.308. The second kappa shape index (κ2) is 5.35. The Morgan fingerprint density at radius 2 is 1.87 bits per heavy atom. The summed E-state index contributed by atoms with van der Waals surface area (Å²) < 4.78 is 0. The Kier molecular flexibility index (Phi) is 4.10. The molecule has 0 unspecified atom stereocenters. The van der Waals surface area contributed by atoms with Gasteiger partial charge in [0, 0.05) is 11.4 Å². The van der Waals surface area contributed by atoms with E-state index in [4.69, 9.17) is 0 Å². The third kappa shape index (κ3) is 3.98. The summed E-state index contributed by atoms with van der Waals surface area (Å²) in [7, 11) is 0. The molecule has 80 valence electrons. The van der Waals surface area contributed by atoms with Crippen molar-refractivity contribution in [2.45, 2.75) is 27.2 Å². The molecule has 1 N–H and O–H groups in total. The number of hydrogen-bond donors (Lipinski definition) is 1. The molecule has 0 aliphatic carbocycles. The molecule has 2 heteroatoms. The molecule has 0 aromatic heterocycles. The molecule has 0 radical (unpaired) electrons. The molecule has 0 fully saturated rings. The zero-order valence-corrected chi connectivity index (χ0v) is 9.50. The van der Waals surface area contributed by atoms with Gasteiger partial charge in [-0.05, 0) is 44.0 Å². The van der Waals surface area contributed by atoms with E-state index in [1.807, 2.05) is 19.1 Å². The lowest BCUT2D eigenvalue weighted by Gasteiger charge is -2.06. The van der Waals surface area contributed by atoms with Gasteiger partial charge in [0.15, 0.2) is 5.78 Å². The van der Waals surface area contributed by atoms with Gasteiger partial charge in [0.25, 0.3) is 0 Å². The van der Waals surface area contributed by atoms with Crippen LogP contribution in [-0.4, -0.2) is 5.78 Å². The highest BCUT2D eigenvalue weighted by atomic mass is 16.1. The molecule has 0 saturated heterocycles. The van der Waals surface area contributed by atoms with E-state index < -0.39 is 0 Å². The van der Waals surface area contributed by atoms with Gasteiger partial charge in [0.1, 0.15) is 0 Å². The van der Waals surface area contributed by atoms with Gasteiger partial charge in [0.2, 0.25) is 0 Å². The molecule has 1 rings (SSSR count). The van der Waals surface area contributed by atoms with Gasteiger partial charge >= 0.3 is 0 Å². The monoisotopic (exact) mass is 203 g/mol. The van der Waals surface area contributed by atoms with Crippen LogP contribution in [0.5, 0.6) is 0 Å². The Balaban J connectivity index is 2.69. The zero-order valence-electron chi connectivity index (χ0n) is 9.50. The third-order valence-electron chi connectivity index (χ3n) is 2.12. The summed E-state index contributed by atoms with van der Waals surface area (Å²) in [6, 6.07) is 8.22. The van der Waals surface area contributed by atoms with Crippen LogP contribution in [-0.2, 0) is 11.2 Å². The number of nitrogens with one attached hydrogen (secondary N) is 1. The Bertz CT molecular complexity index is 363. The lowest BCUT2D eigenvalue weighted by Crippen LogP contribution is -1.98. The maximum Gasteiger partial charge on any atom is 0.154 e. The summed E-state index contributed by atoms with van der Waals surface area (Å²) >= 11 is 0. The van der Waals surface area contributed by atoms with Gasteiger partial charge < -0.3 is 5.32 Å².